The molecule has 0 bridgehead atoms. The van der Waals surface area contributed by atoms with E-state index in [0.29, 0.717) is 0 Å². The zero-order chi connectivity index (χ0) is 14.4. The fraction of sp³-hybridized carbons (Fsp3) is 0.647. The standard InChI is InChI=1S/C17H29N3/c1-4-20(12-6-11-19(2)3)14-16-8-5-7-15-13-18-10-9-17(15)16/h5,7-8,18H,4,6,9-14H2,1-3H3. The second-order valence-electron chi connectivity index (χ2n) is 6.01. The van der Waals surface area contributed by atoms with Gasteiger partial charge in [0.05, 0.1) is 0 Å². The van der Waals surface area contributed by atoms with Gasteiger partial charge in [0, 0.05) is 13.1 Å². The number of benzene rings is 1. The minimum absolute atomic E-state index is 1.04. The molecule has 0 spiro atoms. The molecule has 0 fully saturated rings. The van der Waals surface area contributed by atoms with E-state index in [0.717, 1.165) is 26.2 Å². The van der Waals surface area contributed by atoms with E-state index >= 15 is 0 Å². The molecule has 0 unspecified atom stereocenters. The van der Waals surface area contributed by atoms with Gasteiger partial charge in [-0.1, -0.05) is 25.1 Å². The lowest BCUT2D eigenvalue weighted by atomic mass is 9.95. The summed E-state index contributed by atoms with van der Waals surface area (Å²) in [6.45, 7) is 9.03. The van der Waals surface area contributed by atoms with E-state index in [1.54, 1.807) is 5.56 Å². The number of rotatable bonds is 7. The van der Waals surface area contributed by atoms with Gasteiger partial charge in [-0.25, -0.2) is 0 Å². The lowest BCUT2D eigenvalue weighted by Gasteiger charge is -2.25. The van der Waals surface area contributed by atoms with Gasteiger partial charge in [0.1, 0.15) is 0 Å². The highest BCUT2D eigenvalue weighted by Crippen LogP contribution is 2.20. The van der Waals surface area contributed by atoms with Crippen molar-refractivity contribution < 1.29 is 0 Å². The molecule has 0 atom stereocenters. The highest BCUT2D eigenvalue weighted by Gasteiger charge is 2.14. The van der Waals surface area contributed by atoms with Crippen molar-refractivity contribution in [2.45, 2.75) is 32.9 Å². The molecule has 1 heterocycles. The van der Waals surface area contributed by atoms with Gasteiger partial charge in [-0.2, -0.15) is 0 Å². The van der Waals surface area contributed by atoms with Crippen LogP contribution in [-0.2, 0) is 19.5 Å². The molecule has 112 valence electrons. The van der Waals surface area contributed by atoms with Crippen molar-refractivity contribution in [3.05, 3.63) is 34.9 Å². The van der Waals surface area contributed by atoms with Crippen LogP contribution in [0.1, 0.15) is 30.0 Å². The van der Waals surface area contributed by atoms with Crippen molar-refractivity contribution in [3.63, 3.8) is 0 Å². The van der Waals surface area contributed by atoms with Crippen molar-refractivity contribution in [3.8, 4) is 0 Å². The van der Waals surface area contributed by atoms with E-state index in [4.69, 9.17) is 0 Å². The van der Waals surface area contributed by atoms with Crippen LogP contribution in [-0.4, -0.2) is 50.1 Å². The minimum atomic E-state index is 1.04. The summed E-state index contributed by atoms with van der Waals surface area (Å²) in [5.74, 6) is 0. The van der Waals surface area contributed by atoms with Crippen LogP contribution in [0.2, 0.25) is 0 Å². The lowest BCUT2D eigenvalue weighted by Crippen LogP contribution is -2.29. The van der Waals surface area contributed by atoms with Gasteiger partial charge in [0.25, 0.3) is 0 Å². The van der Waals surface area contributed by atoms with Crippen molar-refractivity contribution in [1.29, 1.82) is 0 Å². The van der Waals surface area contributed by atoms with Gasteiger partial charge in [-0.15, -0.1) is 0 Å². The Morgan fingerprint density at radius 1 is 1.20 bits per heavy atom. The number of nitrogens with zero attached hydrogens (tertiary/aromatic N) is 2. The predicted molar refractivity (Wildman–Crippen MR) is 86.0 cm³/mol. The first-order chi connectivity index (χ1) is 9.70. The first-order valence-corrected chi connectivity index (χ1v) is 7.88. The third-order valence-corrected chi connectivity index (χ3v) is 4.16. The summed E-state index contributed by atoms with van der Waals surface area (Å²) >= 11 is 0. The fourth-order valence-corrected chi connectivity index (χ4v) is 2.96. The summed E-state index contributed by atoms with van der Waals surface area (Å²) in [6, 6.07) is 6.81. The Bertz CT molecular complexity index is 415. The molecule has 2 rings (SSSR count). The van der Waals surface area contributed by atoms with Crippen molar-refractivity contribution in [2.75, 3.05) is 40.3 Å². The van der Waals surface area contributed by atoms with Crippen molar-refractivity contribution in [1.82, 2.24) is 15.1 Å². The molecule has 0 saturated carbocycles. The lowest BCUT2D eigenvalue weighted by molar-refractivity contribution is 0.258. The molecule has 0 saturated heterocycles. The van der Waals surface area contributed by atoms with E-state index in [1.165, 1.54) is 37.1 Å². The maximum absolute atomic E-state index is 3.46. The van der Waals surface area contributed by atoms with Crippen LogP contribution < -0.4 is 5.32 Å². The summed E-state index contributed by atoms with van der Waals surface area (Å²) < 4.78 is 0. The Morgan fingerprint density at radius 2 is 2.05 bits per heavy atom. The Labute approximate surface area is 124 Å². The molecular formula is C17H29N3. The van der Waals surface area contributed by atoms with E-state index in [2.05, 4.69) is 54.3 Å². The van der Waals surface area contributed by atoms with Crippen LogP contribution in [0.3, 0.4) is 0 Å². The summed E-state index contributed by atoms with van der Waals surface area (Å²) in [4.78, 5) is 4.84. The van der Waals surface area contributed by atoms with Gasteiger partial charge in [0.2, 0.25) is 0 Å². The summed E-state index contributed by atoms with van der Waals surface area (Å²) in [5.41, 5.74) is 4.63. The summed E-state index contributed by atoms with van der Waals surface area (Å²) in [5, 5.41) is 3.46. The van der Waals surface area contributed by atoms with Crippen LogP contribution in [0.25, 0.3) is 0 Å². The second-order valence-corrected chi connectivity index (χ2v) is 6.01. The quantitative estimate of drug-likeness (QED) is 0.822. The van der Waals surface area contributed by atoms with Crippen LogP contribution in [0.15, 0.2) is 18.2 Å². The fourth-order valence-electron chi connectivity index (χ4n) is 2.96. The van der Waals surface area contributed by atoms with Crippen molar-refractivity contribution >= 4 is 0 Å². The first kappa shape index (κ1) is 15.5. The van der Waals surface area contributed by atoms with Gasteiger partial charge < -0.3 is 10.2 Å². The molecule has 1 aromatic carbocycles. The molecule has 1 aromatic rings. The maximum Gasteiger partial charge on any atom is 0.0236 e. The van der Waals surface area contributed by atoms with Gasteiger partial charge >= 0.3 is 0 Å². The number of hydrogen-bond donors (Lipinski definition) is 1. The van der Waals surface area contributed by atoms with E-state index < -0.39 is 0 Å². The Hall–Kier alpha value is -0.900. The number of nitrogens with one attached hydrogen (secondary N) is 1. The van der Waals surface area contributed by atoms with Gasteiger partial charge in [-0.05, 0) is 69.8 Å². The smallest absolute Gasteiger partial charge is 0.0236 e. The van der Waals surface area contributed by atoms with E-state index in [9.17, 15) is 0 Å². The SMILES string of the molecule is CCN(CCCN(C)C)Cc1cccc2c1CCNC2. The second kappa shape index (κ2) is 7.77. The summed E-state index contributed by atoms with van der Waals surface area (Å²) in [7, 11) is 4.30. The normalized spacial score (nSPS) is 14.8. The molecule has 0 amide bonds. The molecule has 0 radical (unpaired) electrons. The molecule has 1 N–H and O–H groups in total. The number of fused-ring (bicyclic) bond motifs is 1. The van der Waals surface area contributed by atoms with E-state index in [1.807, 2.05) is 0 Å². The maximum atomic E-state index is 3.46. The monoisotopic (exact) mass is 275 g/mol. The highest BCUT2D eigenvalue weighted by molar-refractivity contribution is 5.37. The average Bonchev–Trinajstić information content (AvgIpc) is 2.46. The molecule has 1 aliphatic heterocycles. The van der Waals surface area contributed by atoms with Gasteiger partial charge in [-0.3, -0.25) is 4.90 Å². The van der Waals surface area contributed by atoms with Crippen LogP contribution in [0.4, 0.5) is 0 Å². The van der Waals surface area contributed by atoms with Crippen LogP contribution >= 0.6 is 0 Å². The average molecular weight is 275 g/mol. The predicted octanol–water partition coefficient (Wildman–Crippen LogP) is 2.11. The summed E-state index contributed by atoms with van der Waals surface area (Å²) in [6.07, 6.45) is 2.43. The molecule has 0 aliphatic carbocycles. The topological polar surface area (TPSA) is 18.5 Å². The zero-order valence-electron chi connectivity index (χ0n) is 13.3. The molecule has 3 nitrogen and oxygen atoms in total. The molecule has 0 aromatic heterocycles. The molecule has 3 heteroatoms. The Balaban J connectivity index is 1.97. The molecule has 1 aliphatic rings. The molecular weight excluding hydrogens is 246 g/mol. The van der Waals surface area contributed by atoms with Crippen LogP contribution in [0, 0.1) is 0 Å². The highest BCUT2D eigenvalue weighted by atomic mass is 15.1. The third-order valence-electron chi connectivity index (χ3n) is 4.16. The Kier molecular flexibility index (Phi) is 6.02. The van der Waals surface area contributed by atoms with E-state index in [-0.39, 0.29) is 0 Å². The third kappa shape index (κ3) is 4.30. The minimum Gasteiger partial charge on any atom is -0.312 e. The molecule has 20 heavy (non-hydrogen) atoms. The first-order valence-electron chi connectivity index (χ1n) is 7.88. The van der Waals surface area contributed by atoms with Crippen molar-refractivity contribution in [2.24, 2.45) is 0 Å². The largest absolute Gasteiger partial charge is 0.312 e. The van der Waals surface area contributed by atoms with Crippen LogP contribution in [0.5, 0.6) is 0 Å². The van der Waals surface area contributed by atoms with Gasteiger partial charge in [0.15, 0.2) is 0 Å². The number of hydrogen-bond acceptors (Lipinski definition) is 3. The zero-order valence-corrected chi connectivity index (χ0v) is 13.3. The Morgan fingerprint density at radius 3 is 2.80 bits per heavy atom.